The number of hydrogen-bond acceptors (Lipinski definition) is 7. The van der Waals surface area contributed by atoms with Crippen molar-refractivity contribution in [2.75, 3.05) is 33.0 Å². The maximum atomic E-state index is 12.6. The molecule has 0 spiro atoms. The smallest absolute Gasteiger partial charge is 0.457 e. The number of carbonyl (C=O) groups is 1. The molecule has 0 aromatic rings. The van der Waals surface area contributed by atoms with E-state index in [-0.39, 0.29) is 32.3 Å². The lowest BCUT2D eigenvalue weighted by Gasteiger charge is -2.20. The molecule has 2 unspecified atom stereocenters. The lowest BCUT2D eigenvalue weighted by Crippen LogP contribution is -2.28. The van der Waals surface area contributed by atoms with Crippen molar-refractivity contribution >= 4 is 13.8 Å². The zero-order valence-corrected chi connectivity index (χ0v) is 38.3. The van der Waals surface area contributed by atoms with Gasteiger partial charge in [-0.05, 0) is 12.8 Å². The van der Waals surface area contributed by atoms with Crippen LogP contribution >= 0.6 is 7.82 Å². The van der Waals surface area contributed by atoms with Crippen LogP contribution in [0.15, 0.2) is 0 Å². The van der Waals surface area contributed by atoms with Crippen LogP contribution in [0.4, 0.5) is 0 Å². The van der Waals surface area contributed by atoms with Crippen molar-refractivity contribution in [2.45, 2.75) is 264 Å². The van der Waals surface area contributed by atoms with Gasteiger partial charge in [-0.15, -0.1) is 0 Å². The molecule has 0 aliphatic rings. The van der Waals surface area contributed by atoms with E-state index >= 15 is 0 Å². The van der Waals surface area contributed by atoms with Gasteiger partial charge in [-0.1, -0.05) is 239 Å². The van der Waals surface area contributed by atoms with E-state index in [4.69, 9.17) is 24.3 Å². The van der Waals surface area contributed by atoms with Gasteiger partial charge < -0.3 is 20.1 Å². The maximum Gasteiger partial charge on any atom is 0.472 e. The summed E-state index contributed by atoms with van der Waals surface area (Å²) in [5.74, 6) is -0.322. The summed E-state index contributed by atoms with van der Waals surface area (Å²) in [6, 6.07) is 0. The van der Waals surface area contributed by atoms with E-state index in [1.165, 1.54) is 205 Å². The molecular formula is C47H96NO7P. The zero-order valence-electron chi connectivity index (χ0n) is 37.4. The summed E-state index contributed by atoms with van der Waals surface area (Å²) >= 11 is 0. The number of esters is 1. The second-order valence-electron chi connectivity index (χ2n) is 16.7. The van der Waals surface area contributed by atoms with Crippen molar-refractivity contribution in [3.8, 4) is 0 Å². The SMILES string of the molecule is CCCCCCCCCCCCCCCCCCCCCCCCOCC(COP(=O)(O)OCCN)OC(=O)CCCCCCCCCCCCCCCCC. The normalized spacial score (nSPS) is 13.3. The van der Waals surface area contributed by atoms with Crippen LogP contribution in [0.1, 0.15) is 258 Å². The summed E-state index contributed by atoms with van der Waals surface area (Å²) in [4.78, 5) is 22.5. The molecule has 3 N–H and O–H groups in total. The van der Waals surface area contributed by atoms with Crippen molar-refractivity contribution < 1.29 is 32.8 Å². The average Bonchev–Trinajstić information content (AvgIpc) is 3.19. The van der Waals surface area contributed by atoms with Crippen LogP contribution in [-0.2, 0) is 27.9 Å². The molecule has 0 saturated heterocycles. The summed E-state index contributed by atoms with van der Waals surface area (Å²) in [5, 5.41) is 0. The molecule has 0 amide bonds. The van der Waals surface area contributed by atoms with Crippen LogP contribution in [0.25, 0.3) is 0 Å². The van der Waals surface area contributed by atoms with Gasteiger partial charge in [0.2, 0.25) is 0 Å². The van der Waals surface area contributed by atoms with E-state index in [0.29, 0.717) is 13.0 Å². The Kier molecular flexibility index (Phi) is 45.2. The van der Waals surface area contributed by atoms with Crippen molar-refractivity contribution in [1.29, 1.82) is 0 Å². The van der Waals surface area contributed by atoms with Crippen LogP contribution in [0, 0.1) is 0 Å². The molecule has 0 aromatic carbocycles. The molecule has 0 aromatic heterocycles. The molecule has 0 radical (unpaired) electrons. The largest absolute Gasteiger partial charge is 0.472 e. The van der Waals surface area contributed by atoms with E-state index in [1.54, 1.807) is 0 Å². The fourth-order valence-electron chi connectivity index (χ4n) is 7.41. The number of carbonyl (C=O) groups excluding carboxylic acids is 1. The molecule has 0 aliphatic heterocycles. The molecule has 56 heavy (non-hydrogen) atoms. The van der Waals surface area contributed by atoms with Crippen molar-refractivity contribution in [3.63, 3.8) is 0 Å². The Bertz CT molecular complexity index is 832. The van der Waals surface area contributed by atoms with Crippen LogP contribution < -0.4 is 5.73 Å². The highest BCUT2D eigenvalue weighted by atomic mass is 31.2. The Morgan fingerprint density at radius 1 is 0.464 bits per heavy atom. The Morgan fingerprint density at radius 3 is 1.12 bits per heavy atom. The molecule has 0 bridgehead atoms. The highest BCUT2D eigenvalue weighted by Crippen LogP contribution is 2.43. The number of unbranched alkanes of at least 4 members (excludes halogenated alkanes) is 35. The van der Waals surface area contributed by atoms with Gasteiger partial charge in [0.05, 0.1) is 19.8 Å². The van der Waals surface area contributed by atoms with E-state index in [0.717, 1.165) is 32.1 Å². The van der Waals surface area contributed by atoms with Gasteiger partial charge in [0.1, 0.15) is 6.10 Å². The quantitative estimate of drug-likeness (QED) is 0.0354. The van der Waals surface area contributed by atoms with Gasteiger partial charge in [0.15, 0.2) is 0 Å². The van der Waals surface area contributed by atoms with Gasteiger partial charge in [-0.25, -0.2) is 4.57 Å². The number of ether oxygens (including phenoxy) is 2. The van der Waals surface area contributed by atoms with E-state index in [9.17, 15) is 14.3 Å². The third-order valence-corrected chi connectivity index (χ3v) is 12.0. The topological polar surface area (TPSA) is 117 Å². The fraction of sp³-hybridized carbons (Fsp3) is 0.979. The Labute approximate surface area is 348 Å². The van der Waals surface area contributed by atoms with Crippen molar-refractivity contribution in [1.82, 2.24) is 0 Å². The Morgan fingerprint density at radius 2 is 0.786 bits per heavy atom. The maximum absolute atomic E-state index is 12.6. The summed E-state index contributed by atoms with van der Waals surface area (Å²) in [7, 11) is -4.27. The highest BCUT2D eigenvalue weighted by molar-refractivity contribution is 7.47. The standard InChI is InChI=1S/C47H96NO7P/c1-3-5-7-9-11-13-15-17-19-20-21-22-23-24-25-27-29-31-33-35-37-39-42-52-44-46(45-54-56(50,51)53-43-41-48)55-47(49)40-38-36-34-32-30-28-26-18-16-14-12-10-8-6-4-2/h46H,3-45,48H2,1-2H3,(H,50,51). The third-order valence-electron chi connectivity index (χ3n) is 11.0. The molecule has 0 fully saturated rings. The first kappa shape index (κ1) is 55.5. The molecule has 8 nitrogen and oxygen atoms in total. The van der Waals surface area contributed by atoms with Crippen LogP contribution in [0.2, 0.25) is 0 Å². The predicted molar refractivity (Wildman–Crippen MR) is 238 cm³/mol. The summed E-state index contributed by atoms with van der Waals surface area (Å²) in [5.41, 5.74) is 5.38. The molecular weight excluding hydrogens is 721 g/mol. The van der Waals surface area contributed by atoms with Crippen LogP contribution in [0.3, 0.4) is 0 Å². The fourth-order valence-corrected chi connectivity index (χ4v) is 8.18. The van der Waals surface area contributed by atoms with E-state index in [1.807, 2.05) is 0 Å². The number of phosphoric ester groups is 1. The molecule has 0 heterocycles. The molecule has 0 aliphatic carbocycles. The first-order chi connectivity index (χ1) is 27.4. The molecule has 336 valence electrons. The molecule has 0 saturated carbocycles. The lowest BCUT2D eigenvalue weighted by atomic mass is 10.0. The second-order valence-corrected chi connectivity index (χ2v) is 18.2. The van der Waals surface area contributed by atoms with Gasteiger partial charge in [0.25, 0.3) is 0 Å². The minimum Gasteiger partial charge on any atom is -0.457 e. The van der Waals surface area contributed by atoms with Gasteiger partial charge in [-0.2, -0.15) is 0 Å². The monoisotopic (exact) mass is 818 g/mol. The first-order valence-electron chi connectivity index (χ1n) is 24.5. The van der Waals surface area contributed by atoms with Crippen molar-refractivity contribution in [2.24, 2.45) is 5.73 Å². The Balaban J connectivity index is 3.87. The highest BCUT2D eigenvalue weighted by Gasteiger charge is 2.25. The molecule has 0 rings (SSSR count). The van der Waals surface area contributed by atoms with E-state index < -0.39 is 13.9 Å². The molecule has 9 heteroatoms. The average molecular weight is 818 g/mol. The minimum absolute atomic E-state index is 0.0898. The first-order valence-corrected chi connectivity index (χ1v) is 26.0. The summed E-state index contributed by atoms with van der Waals surface area (Å²) in [6.07, 6.45) is 48.5. The Hall–Kier alpha value is -0.500. The number of nitrogens with two attached hydrogens (primary N) is 1. The van der Waals surface area contributed by atoms with E-state index in [2.05, 4.69) is 13.8 Å². The third kappa shape index (κ3) is 44.6. The van der Waals surface area contributed by atoms with Crippen LogP contribution in [0.5, 0.6) is 0 Å². The number of hydrogen-bond donors (Lipinski definition) is 2. The minimum atomic E-state index is -4.27. The van der Waals surface area contributed by atoms with Crippen LogP contribution in [-0.4, -0.2) is 49.9 Å². The van der Waals surface area contributed by atoms with Gasteiger partial charge in [0, 0.05) is 19.6 Å². The van der Waals surface area contributed by atoms with Crippen molar-refractivity contribution in [3.05, 3.63) is 0 Å². The summed E-state index contributed by atoms with van der Waals surface area (Å²) in [6.45, 7) is 5.00. The summed E-state index contributed by atoms with van der Waals surface area (Å²) < 4.78 is 33.5. The number of rotatable bonds is 48. The van der Waals surface area contributed by atoms with Gasteiger partial charge in [-0.3, -0.25) is 13.8 Å². The molecule has 2 atom stereocenters. The lowest BCUT2D eigenvalue weighted by molar-refractivity contribution is -0.154. The number of phosphoric acid groups is 1. The zero-order chi connectivity index (χ0) is 40.9. The predicted octanol–water partition coefficient (Wildman–Crippen LogP) is 14.9. The van der Waals surface area contributed by atoms with Gasteiger partial charge >= 0.3 is 13.8 Å². The second kappa shape index (κ2) is 45.6.